The average Bonchev–Trinajstić information content (AvgIpc) is 2.72. The van der Waals surface area contributed by atoms with Crippen LogP contribution in [0.1, 0.15) is 17.5 Å². The Balaban J connectivity index is 2.01. The van der Waals surface area contributed by atoms with Crippen molar-refractivity contribution in [3.63, 3.8) is 0 Å². The zero-order chi connectivity index (χ0) is 10.7. The van der Waals surface area contributed by atoms with Gasteiger partial charge in [0.15, 0.2) is 5.78 Å². The lowest BCUT2D eigenvalue weighted by Gasteiger charge is -2.06. The van der Waals surface area contributed by atoms with Crippen LogP contribution in [0.3, 0.4) is 0 Å². The molecule has 0 amide bonds. The van der Waals surface area contributed by atoms with E-state index in [0.717, 1.165) is 18.6 Å². The fraction of sp³-hybridized carbons (Fsp3) is 0.417. The maximum absolute atomic E-state index is 11.0. The van der Waals surface area contributed by atoms with Crippen molar-refractivity contribution in [2.45, 2.75) is 19.3 Å². The van der Waals surface area contributed by atoms with E-state index in [0.29, 0.717) is 0 Å². The number of hydrogen-bond donors (Lipinski definition) is 0. The predicted octanol–water partition coefficient (Wildman–Crippen LogP) is 2.36. The predicted molar refractivity (Wildman–Crippen MR) is 59.7 cm³/mol. The number of hydrogen-bond acceptors (Lipinski definition) is 2. The monoisotopic (exact) mass is 224 g/mol. The Morgan fingerprint density at radius 2 is 2.13 bits per heavy atom. The Morgan fingerprint density at radius 3 is 2.93 bits per heavy atom. The molecule has 0 atom stereocenters. The van der Waals surface area contributed by atoms with Crippen LogP contribution in [-0.2, 0) is 17.6 Å². The van der Waals surface area contributed by atoms with E-state index in [-0.39, 0.29) is 18.3 Å². The van der Waals surface area contributed by atoms with Crippen LogP contribution in [0.2, 0.25) is 0 Å². The third-order valence-corrected chi connectivity index (χ3v) is 2.92. The van der Waals surface area contributed by atoms with Crippen LogP contribution in [0.4, 0.5) is 0 Å². The second-order valence-electron chi connectivity index (χ2n) is 3.75. The van der Waals surface area contributed by atoms with Crippen molar-refractivity contribution >= 4 is 17.4 Å². The Kier molecular flexibility index (Phi) is 3.27. The van der Waals surface area contributed by atoms with Crippen LogP contribution in [0.15, 0.2) is 18.2 Å². The molecule has 0 N–H and O–H groups in total. The molecule has 0 saturated carbocycles. The summed E-state index contributed by atoms with van der Waals surface area (Å²) in [6.45, 7) is 0.0717. The van der Waals surface area contributed by atoms with Crippen molar-refractivity contribution in [2.24, 2.45) is 0 Å². The van der Waals surface area contributed by atoms with E-state index >= 15 is 0 Å². The van der Waals surface area contributed by atoms with Gasteiger partial charge in [-0.25, -0.2) is 0 Å². The summed E-state index contributed by atoms with van der Waals surface area (Å²) >= 11 is 5.38. The molecule has 0 heterocycles. The highest BCUT2D eigenvalue weighted by atomic mass is 35.5. The molecule has 1 aliphatic carbocycles. The molecule has 1 aromatic rings. The number of alkyl halides is 1. The first-order valence-corrected chi connectivity index (χ1v) is 5.65. The lowest BCUT2D eigenvalue weighted by atomic mass is 10.1. The average molecular weight is 225 g/mol. The largest absolute Gasteiger partial charge is 0.486 e. The molecule has 1 aliphatic rings. The van der Waals surface area contributed by atoms with Gasteiger partial charge in [0.05, 0.1) is 5.88 Å². The first-order valence-electron chi connectivity index (χ1n) is 5.12. The molecule has 0 radical (unpaired) electrons. The van der Waals surface area contributed by atoms with Crippen molar-refractivity contribution in [3.05, 3.63) is 29.3 Å². The summed E-state index contributed by atoms with van der Waals surface area (Å²) in [5.74, 6) is 0.705. The summed E-state index contributed by atoms with van der Waals surface area (Å²) in [5, 5.41) is 0. The Labute approximate surface area is 94.2 Å². The molecule has 0 saturated heterocycles. The quantitative estimate of drug-likeness (QED) is 0.734. The van der Waals surface area contributed by atoms with Crippen molar-refractivity contribution in [1.29, 1.82) is 0 Å². The molecule has 0 fully saturated rings. The van der Waals surface area contributed by atoms with Gasteiger partial charge < -0.3 is 4.74 Å². The number of ether oxygens (including phenoxy) is 1. The van der Waals surface area contributed by atoms with Crippen molar-refractivity contribution in [1.82, 2.24) is 0 Å². The van der Waals surface area contributed by atoms with E-state index < -0.39 is 0 Å². The summed E-state index contributed by atoms with van der Waals surface area (Å²) in [7, 11) is 0. The smallest absolute Gasteiger partial charge is 0.184 e. The number of Topliss-reactive ketones (excluding diaryl/α,β-unsaturated/α-hetero) is 1. The number of aryl methyl sites for hydroxylation is 2. The summed E-state index contributed by atoms with van der Waals surface area (Å²) in [5.41, 5.74) is 2.76. The fourth-order valence-corrected chi connectivity index (χ4v) is 1.92. The van der Waals surface area contributed by atoms with Gasteiger partial charge in [-0.15, -0.1) is 11.6 Å². The fourth-order valence-electron chi connectivity index (χ4n) is 1.84. The minimum atomic E-state index is -0.0860. The number of benzene rings is 1. The van der Waals surface area contributed by atoms with Crippen LogP contribution >= 0.6 is 11.6 Å². The minimum absolute atomic E-state index is 0.0188. The van der Waals surface area contributed by atoms with Crippen molar-refractivity contribution < 1.29 is 9.53 Å². The third-order valence-electron chi connectivity index (χ3n) is 2.62. The summed E-state index contributed by atoms with van der Waals surface area (Å²) in [6, 6.07) is 6.04. The van der Waals surface area contributed by atoms with Crippen LogP contribution in [-0.4, -0.2) is 18.3 Å². The maximum Gasteiger partial charge on any atom is 0.184 e. The molecule has 0 bridgehead atoms. The topological polar surface area (TPSA) is 26.3 Å². The molecular formula is C12H13ClO2. The van der Waals surface area contributed by atoms with Crippen LogP contribution < -0.4 is 4.74 Å². The number of halogens is 1. The highest BCUT2D eigenvalue weighted by Crippen LogP contribution is 2.25. The van der Waals surface area contributed by atoms with Gasteiger partial charge in [-0.3, -0.25) is 4.79 Å². The number of ketones is 1. The van der Waals surface area contributed by atoms with Crippen molar-refractivity contribution in [2.75, 3.05) is 12.5 Å². The van der Waals surface area contributed by atoms with Gasteiger partial charge in [0.2, 0.25) is 0 Å². The summed E-state index contributed by atoms with van der Waals surface area (Å²) in [6.07, 6.45) is 3.51. The van der Waals surface area contributed by atoms with Gasteiger partial charge in [0, 0.05) is 0 Å². The van der Waals surface area contributed by atoms with Crippen LogP contribution in [0, 0.1) is 0 Å². The molecule has 0 aliphatic heterocycles. The molecule has 80 valence electrons. The van der Waals surface area contributed by atoms with Crippen LogP contribution in [0.5, 0.6) is 5.75 Å². The van der Waals surface area contributed by atoms with Crippen molar-refractivity contribution in [3.8, 4) is 5.75 Å². The van der Waals surface area contributed by atoms with E-state index in [4.69, 9.17) is 16.3 Å². The Hall–Kier alpha value is -1.02. The van der Waals surface area contributed by atoms with E-state index in [9.17, 15) is 4.79 Å². The molecule has 0 unspecified atom stereocenters. The summed E-state index contributed by atoms with van der Waals surface area (Å²) in [4.78, 5) is 11.0. The molecule has 1 aromatic carbocycles. The first-order chi connectivity index (χ1) is 7.29. The van der Waals surface area contributed by atoms with E-state index in [1.54, 1.807) is 0 Å². The second-order valence-corrected chi connectivity index (χ2v) is 4.01. The molecule has 0 aromatic heterocycles. The normalized spacial score (nSPS) is 13.7. The van der Waals surface area contributed by atoms with Gasteiger partial charge in [-0.2, -0.15) is 0 Å². The van der Waals surface area contributed by atoms with E-state index in [1.165, 1.54) is 17.5 Å². The van der Waals surface area contributed by atoms with E-state index in [2.05, 4.69) is 6.07 Å². The standard InChI is InChI=1S/C12H13ClO2/c13-7-11(14)8-15-12-5-4-9-2-1-3-10(9)6-12/h4-6H,1-3,7-8H2. The molecule has 2 nitrogen and oxygen atoms in total. The van der Waals surface area contributed by atoms with Gasteiger partial charge in [-0.05, 0) is 42.5 Å². The van der Waals surface area contributed by atoms with E-state index in [1.807, 2.05) is 12.1 Å². The van der Waals surface area contributed by atoms with Gasteiger partial charge in [0.1, 0.15) is 12.4 Å². The Morgan fingerprint density at radius 1 is 1.33 bits per heavy atom. The van der Waals surface area contributed by atoms with Gasteiger partial charge >= 0.3 is 0 Å². The molecular weight excluding hydrogens is 212 g/mol. The van der Waals surface area contributed by atoms with Gasteiger partial charge in [0.25, 0.3) is 0 Å². The summed E-state index contributed by atoms with van der Waals surface area (Å²) < 4.78 is 5.35. The lowest BCUT2D eigenvalue weighted by Crippen LogP contribution is -2.12. The number of carbonyl (C=O) groups excluding carboxylic acids is 1. The number of rotatable bonds is 4. The lowest BCUT2D eigenvalue weighted by molar-refractivity contribution is -0.118. The number of carbonyl (C=O) groups is 1. The highest BCUT2D eigenvalue weighted by molar-refractivity contribution is 6.27. The first kappa shape index (κ1) is 10.5. The third kappa shape index (κ3) is 2.51. The zero-order valence-electron chi connectivity index (χ0n) is 8.46. The maximum atomic E-state index is 11.0. The second kappa shape index (κ2) is 4.67. The highest BCUT2D eigenvalue weighted by Gasteiger charge is 2.11. The molecule has 3 heteroatoms. The zero-order valence-corrected chi connectivity index (χ0v) is 9.22. The molecule has 2 rings (SSSR count). The SMILES string of the molecule is O=C(CCl)COc1ccc2c(c1)CCC2. The number of fused-ring (bicyclic) bond motifs is 1. The van der Waals surface area contributed by atoms with Gasteiger partial charge in [-0.1, -0.05) is 6.07 Å². The minimum Gasteiger partial charge on any atom is -0.486 e. The van der Waals surface area contributed by atoms with Crippen LogP contribution in [0.25, 0.3) is 0 Å². The molecule has 15 heavy (non-hydrogen) atoms. The molecule has 0 spiro atoms. The Bertz CT molecular complexity index is 374.